The molecule has 0 fully saturated rings. The van der Waals surface area contributed by atoms with Crippen molar-refractivity contribution in [2.45, 2.75) is 66.2 Å². The molecule has 1 N–H and O–H groups in total. The van der Waals surface area contributed by atoms with Crippen LogP contribution in [0.25, 0.3) is 0 Å². The number of phosphoric ester groups is 1. The predicted molar refractivity (Wildman–Crippen MR) is 91.9 cm³/mol. The Hall–Kier alpha value is 0.0700. The summed E-state index contributed by atoms with van der Waals surface area (Å²) < 4.78 is 22.6. The molecule has 0 aliphatic rings. The van der Waals surface area contributed by atoms with Crippen LogP contribution in [0.3, 0.4) is 0 Å². The zero-order chi connectivity index (χ0) is 16.9. The average molecular weight is 338 g/mol. The van der Waals surface area contributed by atoms with Gasteiger partial charge in [0.05, 0.1) is 26.2 Å². The van der Waals surface area contributed by atoms with E-state index >= 15 is 0 Å². The van der Waals surface area contributed by atoms with E-state index in [1.807, 2.05) is 0 Å². The first-order chi connectivity index (χ1) is 10.4. The lowest BCUT2D eigenvalue weighted by atomic mass is 10.1. The minimum atomic E-state index is -3.87. The van der Waals surface area contributed by atoms with Crippen LogP contribution in [-0.4, -0.2) is 48.8 Å². The molecular formula is C16H37NO4P+. The SMILES string of the molecule is CCCC[N+](CCCC)(CCCC)CCOP(=O)(O)OCC. The van der Waals surface area contributed by atoms with E-state index < -0.39 is 7.82 Å². The molecule has 0 aliphatic heterocycles. The maximum Gasteiger partial charge on any atom is 0.472 e. The molecule has 0 radical (unpaired) electrons. The van der Waals surface area contributed by atoms with Crippen LogP contribution >= 0.6 is 7.82 Å². The fourth-order valence-electron chi connectivity index (χ4n) is 2.70. The number of unbranched alkanes of at least 4 members (excludes halogenated alkanes) is 3. The zero-order valence-corrected chi connectivity index (χ0v) is 15.9. The van der Waals surface area contributed by atoms with Crippen LogP contribution in [-0.2, 0) is 13.6 Å². The van der Waals surface area contributed by atoms with Gasteiger partial charge in [0.1, 0.15) is 13.2 Å². The van der Waals surface area contributed by atoms with E-state index in [1.165, 1.54) is 38.5 Å². The molecule has 0 aromatic rings. The predicted octanol–water partition coefficient (Wildman–Crippen LogP) is 4.36. The zero-order valence-electron chi connectivity index (χ0n) is 15.1. The van der Waals surface area contributed by atoms with Gasteiger partial charge in [0.2, 0.25) is 0 Å². The number of hydrogen-bond donors (Lipinski definition) is 1. The number of phosphoric acid groups is 1. The third kappa shape index (κ3) is 9.96. The second-order valence-corrected chi connectivity index (χ2v) is 7.47. The van der Waals surface area contributed by atoms with Gasteiger partial charge in [0.25, 0.3) is 0 Å². The largest absolute Gasteiger partial charge is 0.472 e. The summed E-state index contributed by atoms with van der Waals surface area (Å²) in [5.41, 5.74) is 0. The molecule has 0 rings (SSSR count). The van der Waals surface area contributed by atoms with Gasteiger partial charge >= 0.3 is 7.82 Å². The van der Waals surface area contributed by atoms with Gasteiger partial charge < -0.3 is 9.38 Å². The van der Waals surface area contributed by atoms with E-state index in [4.69, 9.17) is 9.05 Å². The Labute approximate surface area is 137 Å². The molecule has 1 atom stereocenters. The summed E-state index contributed by atoms with van der Waals surface area (Å²) in [4.78, 5) is 9.54. The van der Waals surface area contributed by atoms with Gasteiger partial charge in [-0.05, 0) is 26.2 Å². The molecular weight excluding hydrogens is 301 g/mol. The van der Waals surface area contributed by atoms with Gasteiger partial charge in [-0.2, -0.15) is 0 Å². The van der Waals surface area contributed by atoms with E-state index in [0.29, 0.717) is 0 Å². The van der Waals surface area contributed by atoms with Gasteiger partial charge in [-0.3, -0.25) is 9.05 Å². The second kappa shape index (κ2) is 12.5. The van der Waals surface area contributed by atoms with Crippen molar-refractivity contribution < 1.29 is 23.0 Å². The van der Waals surface area contributed by atoms with Gasteiger partial charge in [0, 0.05) is 0 Å². The third-order valence-corrected chi connectivity index (χ3v) is 5.16. The lowest BCUT2D eigenvalue weighted by Crippen LogP contribution is -2.52. The van der Waals surface area contributed by atoms with Crippen LogP contribution in [0, 0.1) is 0 Å². The van der Waals surface area contributed by atoms with E-state index in [9.17, 15) is 9.46 Å². The Bertz CT molecular complexity index is 291. The summed E-state index contributed by atoms with van der Waals surface area (Å²) >= 11 is 0. The number of nitrogens with zero attached hydrogens (tertiary/aromatic N) is 1. The molecule has 0 aromatic heterocycles. The Morgan fingerprint density at radius 3 is 1.64 bits per heavy atom. The molecule has 0 saturated carbocycles. The van der Waals surface area contributed by atoms with Crippen LogP contribution < -0.4 is 0 Å². The molecule has 0 aromatic carbocycles. The average Bonchev–Trinajstić information content (AvgIpc) is 2.48. The summed E-state index contributed by atoms with van der Waals surface area (Å²) in [6, 6.07) is 0. The molecule has 0 aliphatic carbocycles. The Morgan fingerprint density at radius 1 is 0.818 bits per heavy atom. The van der Waals surface area contributed by atoms with Crippen LogP contribution in [0.1, 0.15) is 66.2 Å². The Morgan fingerprint density at radius 2 is 1.27 bits per heavy atom. The maximum atomic E-state index is 11.6. The topological polar surface area (TPSA) is 55.8 Å². The van der Waals surface area contributed by atoms with Crippen molar-refractivity contribution >= 4 is 7.82 Å². The molecule has 0 spiro atoms. The fraction of sp³-hybridized carbons (Fsp3) is 1.00. The maximum absolute atomic E-state index is 11.6. The van der Waals surface area contributed by atoms with Gasteiger partial charge in [-0.15, -0.1) is 0 Å². The molecule has 5 nitrogen and oxygen atoms in total. The van der Waals surface area contributed by atoms with E-state index in [1.54, 1.807) is 6.92 Å². The van der Waals surface area contributed by atoms with Gasteiger partial charge in [-0.1, -0.05) is 40.0 Å². The number of hydrogen-bond acceptors (Lipinski definition) is 3. The molecule has 1 unspecified atom stereocenters. The lowest BCUT2D eigenvalue weighted by molar-refractivity contribution is -0.928. The first-order valence-electron chi connectivity index (χ1n) is 8.92. The Balaban J connectivity index is 4.67. The van der Waals surface area contributed by atoms with Crippen molar-refractivity contribution in [1.82, 2.24) is 0 Å². The summed E-state index contributed by atoms with van der Waals surface area (Å²) in [6.07, 6.45) is 7.10. The minimum absolute atomic E-state index is 0.190. The van der Waals surface area contributed by atoms with Crippen LogP contribution in [0.15, 0.2) is 0 Å². The quantitative estimate of drug-likeness (QED) is 0.356. The number of rotatable bonds is 15. The molecule has 0 saturated heterocycles. The van der Waals surface area contributed by atoms with Crippen molar-refractivity contribution in [3.05, 3.63) is 0 Å². The van der Waals surface area contributed by atoms with Gasteiger partial charge in [0.15, 0.2) is 0 Å². The first-order valence-corrected chi connectivity index (χ1v) is 10.4. The van der Waals surface area contributed by atoms with E-state index in [0.717, 1.165) is 30.7 Å². The third-order valence-electron chi connectivity index (χ3n) is 4.07. The summed E-state index contributed by atoms with van der Waals surface area (Å²) in [5.74, 6) is 0. The highest BCUT2D eigenvalue weighted by atomic mass is 31.2. The molecule has 0 bridgehead atoms. The normalized spacial score (nSPS) is 15.0. The Kier molecular flexibility index (Phi) is 12.5. The minimum Gasteiger partial charge on any atom is -0.322 e. The van der Waals surface area contributed by atoms with Crippen molar-refractivity contribution in [2.75, 3.05) is 39.4 Å². The highest BCUT2D eigenvalue weighted by Crippen LogP contribution is 2.42. The molecule has 6 heteroatoms. The first kappa shape index (κ1) is 22.1. The standard InChI is InChI=1S/C16H36NO4P/c1-5-9-12-17(13-10-6-2,14-11-7-3)15-16-21-22(18,19)20-8-4/h5-16H2,1-4H3/p+1. The smallest absolute Gasteiger partial charge is 0.322 e. The fourth-order valence-corrected chi connectivity index (χ4v) is 3.41. The van der Waals surface area contributed by atoms with Crippen LogP contribution in [0.5, 0.6) is 0 Å². The van der Waals surface area contributed by atoms with E-state index in [-0.39, 0.29) is 13.2 Å². The summed E-state index contributed by atoms with van der Waals surface area (Å²) in [6.45, 7) is 13.0. The highest BCUT2D eigenvalue weighted by molar-refractivity contribution is 7.47. The van der Waals surface area contributed by atoms with Crippen LogP contribution in [0.4, 0.5) is 0 Å². The molecule has 22 heavy (non-hydrogen) atoms. The molecule has 0 heterocycles. The van der Waals surface area contributed by atoms with Crippen LogP contribution in [0.2, 0.25) is 0 Å². The van der Waals surface area contributed by atoms with Crippen molar-refractivity contribution in [1.29, 1.82) is 0 Å². The van der Waals surface area contributed by atoms with Crippen molar-refractivity contribution in [3.63, 3.8) is 0 Å². The highest BCUT2D eigenvalue weighted by Gasteiger charge is 2.28. The number of quaternary nitrogens is 1. The van der Waals surface area contributed by atoms with Gasteiger partial charge in [-0.25, -0.2) is 4.57 Å². The lowest BCUT2D eigenvalue weighted by Gasteiger charge is -2.39. The second-order valence-electron chi connectivity index (χ2n) is 6.02. The van der Waals surface area contributed by atoms with E-state index in [2.05, 4.69) is 20.8 Å². The molecule has 0 amide bonds. The summed E-state index contributed by atoms with van der Waals surface area (Å²) in [7, 11) is -3.87. The molecule has 134 valence electrons. The monoisotopic (exact) mass is 338 g/mol. The van der Waals surface area contributed by atoms with Crippen molar-refractivity contribution in [3.8, 4) is 0 Å². The summed E-state index contributed by atoms with van der Waals surface area (Å²) in [5, 5.41) is 0. The van der Waals surface area contributed by atoms with Crippen molar-refractivity contribution in [2.24, 2.45) is 0 Å².